The summed E-state index contributed by atoms with van der Waals surface area (Å²) in [6.07, 6.45) is 4.88. The van der Waals surface area contributed by atoms with Crippen molar-refractivity contribution in [3.63, 3.8) is 0 Å². The fourth-order valence-electron chi connectivity index (χ4n) is 1.51. The summed E-state index contributed by atoms with van der Waals surface area (Å²) < 4.78 is 10.4. The molecule has 0 aliphatic heterocycles. The maximum atomic E-state index is 5.97. The van der Waals surface area contributed by atoms with Gasteiger partial charge in [-0.15, -0.1) is 0 Å². The minimum absolute atomic E-state index is 0.335. The lowest BCUT2D eigenvalue weighted by molar-refractivity contribution is 0.114. The zero-order chi connectivity index (χ0) is 12.8. The van der Waals surface area contributed by atoms with Gasteiger partial charge in [0.2, 0.25) is 5.89 Å². The highest BCUT2D eigenvalue weighted by molar-refractivity contribution is 5.01. The lowest BCUT2D eigenvalue weighted by Gasteiger charge is -2.03. The van der Waals surface area contributed by atoms with Crippen LogP contribution in [0.4, 0.5) is 0 Å². The summed E-state index contributed by atoms with van der Waals surface area (Å²) in [6, 6.07) is -0.335. The standard InChI is InChI=1S/C11H17N5O2/c1-2-3-17-6-10-15-11(18-16-10)9(12)4-8-5-13-7-14-8/h5,7,9H,2-4,6,12H2,1H3,(H,13,14)/t9-/m0/s1. The van der Waals surface area contributed by atoms with Crippen LogP contribution in [0.2, 0.25) is 0 Å². The van der Waals surface area contributed by atoms with E-state index in [-0.39, 0.29) is 6.04 Å². The van der Waals surface area contributed by atoms with Gasteiger partial charge in [0.05, 0.1) is 12.4 Å². The lowest BCUT2D eigenvalue weighted by atomic mass is 10.2. The number of aromatic nitrogens is 4. The molecule has 18 heavy (non-hydrogen) atoms. The van der Waals surface area contributed by atoms with Crippen molar-refractivity contribution in [2.75, 3.05) is 6.61 Å². The molecule has 2 rings (SSSR count). The molecular weight excluding hydrogens is 234 g/mol. The van der Waals surface area contributed by atoms with Crippen molar-refractivity contribution in [2.45, 2.75) is 32.4 Å². The Kier molecular flexibility index (Phi) is 4.43. The minimum Gasteiger partial charge on any atom is -0.373 e. The molecule has 0 aromatic carbocycles. The van der Waals surface area contributed by atoms with Crippen LogP contribution >= 0.6 is 0 Å². The number of ether oxygens (including phenoxy) is 1. The molecule has 0 fully saturated rings. The Morgan fingerprint density at radius 3 is 3.17 bits per heavy atom. The molecule has 2 heterocycles. The third kappa shape index (κ3) is 3.38. The molecule has 0 spiro atoms. The third-order valence-electron chi connectivity index (χ3n) is 2.38. The maximum absolute atomic E-state index is 5.97. The second-order valence-electron chi connectivity index (χ2n) is 3.99. The van der Waals surface area contributed by atoms with Crippen molar-refractivity contribution in [3.8, 4) is 0 Å². The van der Waals surface area contributed by atoms with Gasteiger partial charge in [-0.05, 0) is 6.42 Å². The van der Waals surface area contributed by atoms with Gasteiger partial charge in [0.25, 0.3) is 0 Å². The van der Waals surface area contributed by atoms with Gasteiger partial charge in [0.15, 0.2) is 5.82 Å². The van der Waals surface area contributed by atoms with Gasteiger partial charge >= 0.3 is 0 Å². The van der Waals surface area contributed by atoms with E-state index in [0.717, 1.165) is 12.1 Å². The van der Waals surface area contributed by atoms with Crippen LogP contribution < -0.4 is 5.73 Å². The molecule has 0 amide bonds. The highest BCUT2D eigenvalue weighted by Crippen LogP contribution is 2.12. The molecule has 0 saturated carbocycles. The van der Waals surface area contributed by atoms with Crippen LogP contribution in [-0.2, 0) is 17.8 Å². The van der Waals surface area contributed by atoms with E-state index in [0.29, 0.717) is 31.3 Å². The summed E-state index contributed by atoms with van der Waals surface area (Å²) in [4.78, 5) is 11.1. The van der Waals surface area contributed by atoms with Gasteiger partial charge in [0.1, 0.15) is 6.61 Å². The summed E-state index contributed by atoms with van der Waals surface area (Å²) in [5, 5.41) is 3.82. The number of rotatable bonds is 7. The number of hydrogen-bond acceptors (Lipinski definition) is 6. The van der Waals surface area contributed by atoms with Crippen LogP contribution in [0.5, 0.6) is 0 Å². The Morgan fingerprint density at radius 2 is 2.44 bits per heavy atom. The number of hydrogen-bond donors (Lipinski definition) is 2. The molecule has 0 radical (unpaired) electrons. The Balaban J connectivity index is 1.88. The quantitative estimate of drug-likeness (QED) is 0.710. The fraction of sp³-hybridized carbons (Fsp3) is 0.545. The van der Waals surface area contributed by atoms with E-state index in [9.17, 15) is 0 Å². The number of aromatic amines is 1. The zero-order valence-electron chi connectivity index (χ0n) is 10.3. The summed E-state index contributed by atoms with van der Waals surface area (Å²) in [7, 11) is 0. The summed E-state index contributed by atoms with van der Waals surface area (Å²) in [5.74, 6) is 0.943. The van der Waals surface area contributed by atoms with Gasteiger partial charge in [-0.1, -0.05) is 12.1 Å². The van der Waals surface area contributed by atoms with Gasteiger partial charge in [-0.3, -0.25) is 0 Å². The Morgan fingerprint density at radius 1 is 1.56 bits per heavy atom. The van der Waals surface area contributed by atoms with E-state index in [1.54, 1.807) is 12.5 Å². The van der Waals surface area contributed by atoms with Crippen LogP contribution in [0.1, 0.15) is 36.8 Å². The molecule has 1 atom stereocenters. The molecule has 7 nitrogen and oxygen atoms in total. The normalized spacial score (nSPS) is 12.8. The van der Waals surface area contributed by atoms with Gasteiger partial charge in [0, 0.05) is 24.9 Å². The smallest absolute Gasteiger partial charge is 0.244 e. The maximum Gasteiger partial charge on any atom is 0.244 e. The highest BCUT2D eigenvalue weighted by Gasteiger charge is 2.15. The molecule has 2 aromatic rings. The predicted octanol–water partition coefficient (Wildman–Crippen LogP) is 0.962. The SMILES string of the molecule is CCCOCc1noc([C@@H](N)Cc2cnc[nH]2)n1. The molecular formula is C11H17N5O2. The molecule has 3 N–H and O–H groups in total. The van der Waals surface area contributed by atoms with Crippen LogP contribution in [0.15, 0.2) is 17.0 Å². The van der Waals surface area contributed by atoms with Crippen LogP contribution in [-0.4, -0.2) is 26.7 Å². The molecule has 0 saturated heterocycles. The highest BCUT2D eigenvalue weighted by atomic mass is 16.5. The van der Waals surface area contributed by atoms with E-state index in [2.05, 4.69) is 20.1 Å². The first-order chi connectivity index (χ1) is 8.79. The minimum atomic E-state index is -0.335. The van der Waals surface area contributed by atoms with Gasteiger partial charge in [-0.25, -0.2) is 4.98 Å². The topological polar surface area (TPSA) is 103 Å². The Hall–Kier alpha value is -1.73. The van der Waals surface area contributed by atoms with E-state index < -0.39 is 0 Å². The summed E-state index contributed by atoms with van der Waals surface area (Å²) >= 11 is 0. The van der Waals surface area contributed by atoms with Crippen molar-refractivity contribution in [1.29, 1.82) is 0 Å². The van der Waals surface area contributed by atoms with Crippen LogP contribution in [0, 0.1) is 0 Å². The summed E-state index contributed by atoms with van der Waals surface area (Å²) in [5.41, 5.74) is 6.90. The van der Waals surface area contributed by atoms with Crippen molar-refractivity contribution in [2.24, 2.45) is 5.73 Å². The fourth-order valence-corrected chi connectivity index (χ4v) is 1.51. The zero-order valence-corrected chi connectivity index (χ0v) is 10.3. The molecule has 98 valence electrons. The van der Waals surface area contributed by atoms with E-state index in [4.69, 9.17) is 15.0 Å². The molecule has 0 bridgehead atoms. The number of imidazole rings is 1. The predicted molar refractivity (Wildman–Crippen MR) is 63.5 cm³/mol. The number of nitrogens with zero attached hydrogens (tertiary/aromatic N) is 3. The number of nitrogens with two attached hydrogens (primary N) is 1. The van der Waals surface area contributed by atoms with Crippen molar-refractivity contribution in [3.05, 3.63) is 29.9 Å². The average molecular weight is 251 g/mol. The molecule has 0 aliphatic carbocycles. The van der Waals surface area contributed by atoms with E-state index in [1.807, 2.05) is 6.92 Å². The van der Waals surface area contributed by atoms with Crippen molar-refractivity contribution in [1.82, 2.24) is 20.1 Å². The number of H-pyrrole nitrogens is 1. The number of nitrogens with one attached hydrogen (secondary N) is 1. The molecule has 0 aliphatic rings. The second kappa shape index (κ2) is 6.27. The second-order valence-corrected chi connectivity index (χ2v) is 3.99. The van der Waals surface area contributed by atoms with Crippen LogP contribution in [0.3, 0.4) is 0 Å². The largest absolute Gasteiger partial charge is 0.373 e. The first-order valence-electron chi connectivity index (χ1n) is 5.92. The first kappa shape index (κ1) is 12.7. The van der Waals surface area contributed by atoms with E-state index >= 15 is 0 Å². The van der Waals surface area contributed by atoms with Crippen molar-refractivity contribution >= 4 is 0 Å². The monoisotopic (exact) mass is 251 g/mol. The summed E-state index contributed by atoms with van der Waals surface area (Å²) in [6.45, 7) is 3.08. The van der Waals surface area contributed by atoms with Crippen molar-refractivity contribution < 1.29 is 9.26 Å². The average Bonchev–Trinajstić information content (AvgIpc) is 3.00. The Bertz CT molecular complexity index is 454. The molecule has 0 unspecified atom stereocenters. The van der Waals surface area contributed by atoms with E-state index in [1.165, 1.54) is 0 Å². The van der Waals surface area contributed by atoms with Crippen LogP contribution in [0.25, 0.3) is 0 Å². The molecule has 7 heteroatoms. The van der Waals surface area contributed by atoms with Gasteiger partial charge in [-0.2, -0.15) is 4.98 Å². The Labute approximate surface area is 105 Å². The lowest BCUT2D eigenvalue weighted by Crippen LogP contribution is -2.14. The first-order valence-corrected chi connectivity index (χ1v) is 5.92. The van der Waals surface area contributed by atoms with Gasteiger partial charge < -0.3 is 20.0 Å². The molecule has 2 aromatic heterocycles. The third-order valence-corrected chi connectivity index (χ3v) is 2.38.